The van der Waals surface area contributed by atoms with Crippen molar-refractivity contribution in [2.45, 2.75) is 19.4 Å². The minimum absolute atomic E-state index is 0.0886. The number of fused-ring (bicyclic) bond motifs is 1. The van der Waals surface area contributed by atoms with E-state index in [4.69, 9.17) is 9.47 Å². The number of benzene rings is 1. The fourth-order valence-corrected chi connectivity index (χ4v) is 2.10. The molecular formula is C15H22N2O3. The number of ether oxygens (including phenoxy) is 2. The number of hydrogen-bond donors (Lipinski definition) is 2. The monoisotopic (exact) mass is 278 g/mol. The summed E-state index contributed by atoms with van der Waals surface area (Å²) in [5.74, 6) is 0.902. The molecule has 5 heteroatoms. The maximum absolute atomic E-state index is 12.1. The Morgan fingerprint density at radius 2 is 2.40 bits per heavy atom. The molecule has 1 heterocycles. The molecule has 2 N–H and O–H groups in total. The van der Waals surface area contributed by atoms with Gasteiger partial charge in [0, 0.05) is 19.3 Å². The first-order valence-electron chi connectivity index (χ1n) is 6.98. The minimum Gasteiger partial charge on any atom is -0.487 e. The first kappa shape index (κ1) is 14.8. The van der Waals surface area contributed by atoms with Crippen LogP contribution >= 0.6 is 0 Å². The largest absolute Gasteiger partial charge is 0.487 e. The molecule has 1 aliphatic heterocycles. The lowest BCUT2D eigenvalue weighted by Gasteiger charge is -2.25. The van der Waals surface area contributed by atoms with Crippen molar-refractivity contribution in [1.29, 1.82) is 0 Å². The summed E-state index contributed by atoms with van der Waals surface area (Å²) in [4.78, 5) is 12.1. The van der Waals surface area contributed by atoms with Gasteiger partial charge in [-0.3, -0.25) is 4.79 Å². The fraction of sp³-hybridized carbons (Fsp3) is 0.533. The molecule has 0 aromatic heterocycles. The van der Waals surface area contributed by atoms with Crippen LogP contribution in [-0.4, -0.2) is 45.2 Å². The molecule has 1 aromatic carbocycles. The minimum atomic E-state index is 0.0886. The molecule has 0 saturated heterocycles. The number of Topliss-reactive ketones (excluding diaryl/α,β-unsaturated/α-hetero) is 1. The van der Waals surface area contributed by atoms with Crippen LogP contribution < -0.4 is 15.4 Å². The van der Waals surface area contributed by atoms with Crippen molar-refractivity contribution >= 4 is 11.5 Å². The third-order valence-corrected chi connectivity index (χ3v) is 3.20. The first-order chi connectivity index (χ1) is 9.70. The quantitative estimate of drug-likeness (QED) is 0.587. The van der Waals surface area contributed by atoms with E-state index < -0.39 is 0 Å². The lowest BCUT2D eigenvalue weighted by Crippen LogP contribution is -2.28. The third-order valence-electron chi connectivity index (χ3n) is 3.20. The van der Waals surface area contributed by atoms with Crippen molar-refractivity contribution in [3.8, 4) is 5.75 Å². The molecule has 1 aliphatic rings. The number of nitrogens with one attached hydrogen (secondary N) is 2. The first-order valence-corrected chi connectivity index (χ1v) is 6.98. The topological polar surface area (TPSA) is 59.6 Å². The predicted molar refractivity (Wildman–Crippen MR) is 78.7 cm³/mol. The van der Waals surface area contributed by atoms with Crippen LogP contribution in [0.5, 0.6) is 5.75 Å². The number of carbonyl (C=O) groups is 1. The van der Waals surface area contributed by atoms with E-state index in [0.717, 1.165) is 30.9 Å². The number of methoxy groups -OCH3 is 1. The van der Waals surface area contributed by atoms with Crippen LogP contribution in [0, 0.1) is 0 Å². The van der Waals surface area contributed by atoms with E-state index in [9.17, 15) is 4.79 Å². The Morgan fingerprint density at radius 3 is 3.20 bits per heavy atom. The van der Waals surface area contributed by atoms with Crippen molar-refractivity contribution in [1.82, 2.24) is 5.32 Å². The van der Waals surface area contributed by atoms with Crippen LogP contribution in [0.3, 0.4) is 0 Å². The summed E-state index contributed by atoms with van der Waals surface area (Å²) >= 11 is 0. The van der Waals surface area contributed by atoms with Gasteiger partial charge in [-0.15, -0.1) is 0 Å². The summed E-state index contributed by atoms with van der Waals surface area (Å²) in [6.45, 7) is 4.61. The third kappa shape index (κ3) is 3.95. The molecule has 1 unspecified atom stereocenters. The molecule has 0 bridgehead atoms. The maximum atomic E-state index is 12.1. The van der Waals surface area contributed by atoms with E-state index in [2.05, 4.69) is 10.6 Å². The van der Waals surface area contributed by atoms with Crippen LogP contribution in [0.4, 0.5) is 5.69 Å². The molecular weight excluding hydrogens is 256 g/mol. The molecule has 110 valence electrons. The van der Waals surface area contributed by atoms with E-state index in [1.54, 1.807) is 7.11 Å². The van der Waals surface area contributed by atoms with Gasteiger partial charge in [-0.05, 0) is 38.1 Å². The van der Waals surface area contributed by atoms with E-state index in [0.29, 0.717) is 18.7 Å². The summed E-state index contributed by atoms with van der Waals surface area (Å²) in [6.07, 6.45) is 1.06. The zero-order valence-corrected chi connectivity index (χ0v) is 12.1. The van der Waals surface area contributed by atoms with Gasteiger partial charge in [-0.1, -0.05) is 0 Å². The Morgan fingerprint density at radius 1 is 1.55 bits per heavy atom. The lowest BCUT2D eigenvalue weighted by molar-refractivity contribution is 0.0990. The highest BCUT2D eigenvalue weighted by molar-refractivity contribution is 5.98. The predicted octanol–water partition coefficient (Wildman–Crippen LogP) is 1.69. The second-order valence-corrected chi connectivity index (χ2v) is 4.97. The molecule has 5 nitrogen and oxygen atoms in total. The van der Waals surface area contributed by atoms with Crippen LogP contribution in [0.25, 0.3) is 0 Å². The number of rotatable bonds is 7. The summed E-state index contributed by atoms with van der Waals surface area (Å²) in [6, 6.07) is 5.54. The van der Waals surface area contributed by atoms with Crippen molar-refractivity contribution in [3.05, 3.63) is 23.8 Å². The molecule has 2 rings (SSSR count). The van der Waals surface area contributed by atoms with E-state index in [1.807, 2.05) is 25.1 Å². The van der Waals surface area contributed by atoms with E-state index in [1.165, 1.54) is 0 Å². The maximum Gasteiger partial charge on any atom is 0.176 e. The van der Waals surface area contributed by atoms with Crippen LogP contribution in [0.1, 0.15) is 23.7 Å². The second-order valence-electron chi connectivity index (χ2n) is 4.97. The van der Waals surface area contributed by atoms with Gasteiger partial charge in [-0.2, -0.15) is 0 Å². The van der Waals surface area contributed by atoms with E-state index >= 15 is 0 Å². The second kappa shape index (κ2) is 7.26. The smallest absolute Gasteiger partial charge is 0.176 e. The highest BCUT2D eigenvalue weighted by Crippen LogP contribution is 2.29. The summed E-state index contributed by atoms with van der Waals surface area (Å²) in [5.41, 5.74) is 1.60. The number of carbonyl (C=O) groups excluding carboxylic acids is 1. The van der Waals surface area contributed by atoms with Crippen molar-refractivity contribution in [2.24, 2.45) is 0 Å². The molecule has 20 heavy (non-hydrogen) atoms. The van der Waals surface area contributed by atoms with Gasteiger partial charge in [0.1, 0.15) is 11.9 Å². The Hall–Kier alpha value is -1.59. The molecule has 0 aliphatic carbocycles. The number of hydrogen-bond acceptors (Lipinski definition) is 5. The Balaban J connectivity index is 1.87. The van der Waals surface area contributed by atoms with Crippen molar-refractivity contribution in [2.75, 3.05) is 38.7 Å². The average Bonchev–Trinajstić information content (AvgIpc) is 2.46. The van der Waals surface area contributed by atoms with Gasteiger partial charge < -0.3 is 20.1 Å². The van der Waals surface area contributed by atoms with Gasteiger partial charge >= 0.3 is 0 Å². The lowest BCUT2D eigenvalue weighted by atomic mass is 10.1. The van der Waals surface area contributed by atoms with Gasteiger partial charge in [0.05, 0.1) is 18.8 Å². The highest BCUT2D eigenvalue weighted by Gasteiger charge is 2.17. The molecule has 0 amide bonds. The van der Waals surface area contributed by atoms with Crippen molar-refractivity contribution in [3.63, 3.8) is 0 Å². The van der Waals surface area contributed by atoms with Gasteiger partial charge in [0.2, 0.25) is 0 Å². The molecule has 0 fully saturated rings. The molecule has 0 spiro atoms. The zero-order valence-electron chi connectivity index (χ0n) is 12.1. The van der Waals surface area contributed by atoms with Crippen LogP contribution in [-0.2, 0) is 4.74 Å². The Kier molecular flexibility index (Phi) is 5.38. The van der Waals surface area contributed by atoms with Gasteiger partial charge in [0.25, 0.3) is 0 Å². The summed E-state index contributed by atoms with van der Waals surface area (Å²) in [7, 11) is 1.67. The van der Waals surface area contributed by atoms with Gasteiger partial charge in [0.15, 0.2) is 5.78 Å². The standard InChI is InChI=1S/C15H22N2O3/c1-11-9-17-13-8-12(4-5-15(13)20-11)14(18)10-16-6-3-7-19-2/h4-5,8,11,16-17H,3,6-7,9-10H2,1-2H3. The highest BCUT2D eigenvalue weighted by atomic mass is 16.5. The molecule has 1 atom stereocenters. The van der Waals surface area contributed by atoms with Crippen LogP contribution in [0.2, 0.25) is 0 Å². The zero-order chi connectivity index (χ0) is 14.4. The Labute approximate surface area is 119 Å². The SMILES string of the molecule is COCCCNCC(=O)c1ccc2c(c1)NCC(C)O2. The molecule has 0 saturated carbocycles. The normalized spacial score (nSPS) is 17.0. The Bertz CT molecular complexity index is 462. The van der Waals surface area contributed by atoms with Crippen molar-refractivity contribution < 1.29 is 14.3 Å². The molecule has 0 radical (unpaired) electrons. The number of ketones is 1. The fourth-order valence-electron chi connectivity index (χ4n) is 2.10. The summed E-state index contributed by atoms with van der Waals surface area (Å²) < 4.78 is 10.6. The molecule has 1 aromatic rings. The van der Waals surface area contributed by atoms with E-state index in [-0.39, 0.29) is 11.9 Å². The number of anilines is 1. The summed E-state index contributed by atoms with van der Waals surface area (Å²) in [5, 5.41) is 6.40. The van der Waals surface area contributed by atoms with Gasteiger partial charge in [-0.25, -0.2) is 0 Å². The van der Waals surface area contributed by atoms with Crippen LogP contribution in [0.15, 0.2) is 18.2 Å². The average molecular weight is 278 g/mol.